The summed E-state index contributed by atoms with van der Waals surface area (Å²) in [6.07, 6.45) is 11.6. The lowest BCUT2D eigenvalue weighted by molar-refractivity contribution is -0.105. The lowest BCUT2D eigenvalue weighted by Gasteiger charge is -2.18. The van der Waals surface area contributed by atoms with Crippen LogP contribution < -0.4 is 0 Å². The number of hydrogen-bond donors (Lipinski definition) is 0. The maximum atomic E-state index is 11.0. The number of nitrogens with zero attached hydrogens (tertiary/aromatic N) is 1. The van der Waals surface area contributed by atoms with Gasteiger partial charge in [-0.05, 0) is 50.3 Å². The van der Waals surface area contributed by atoms with E-state index in [4.69, 9.17) is 10.00 Å². The predicted octanol–water partition coefficient (Wildman–Crippen LogP) is 4.20. The number of aldehydes is 1. The highest BCUT2D eigenvalue weighted by Crippen LogP contribution is 2.33. The van der Waals surface area contributed by atoms with Gasteiger partial charge in [-0.15, -0.1) is 0 Å². The summed E-state index contributed by atoms with van der Waals surface area (Å²) in [6, 6.07) is 0. The molecule has 0 aliphatic heterocycles. The van der Waals surface area contributed by atoms with Gasteiger partial charge >= 0.3 is 0 Å². The van der Waals surface area contributed by atoms with Crippen LogP contribution in [-0.4, -0.2) is 6.29 Å². The van der Waals surface area contributed by atoms with Gasteiger partial charge in [-0.1, -0.05) is 6.08 Å². The Morgan fingerprint density at radius 1 is 1.26 bits per heavy atom. The van der Waals surface area contributed by atoms with Crippen molar-refractivity contribution in [1.29, 1.82) is 5.26 Å². The molecule has 100 valence electrons. The van der Waals surface area contributed by atoms with E-state index < -0.39 is 0 Å². The van der Waals surface area contributed by atoms with Crippen molar-refractivity contribution < 1.29 is 9.53 Å². The minimum absolute atomic E-state index is 0.789. The van der Waals surface area contributed by atoms with E-state index in [1.165, 1.54) is 11.8 Å². The zero-order valence-electron chi connectivity index (χ0n) is 10.9. The zero-order valence-corrected chi connectivity index (χ0v) is 11.7. The SMILES string of the molecule is N#CSC1=CCCC/C1=C\OC1=C(C=O)CCCC1. The maximum Gasteiger partial charge on any atom is 0.149 e. The van der Waals surface area contributed by atoms with Crippen molar-refractivity contribution in [3.8, 4) is 5.40 Å². The molecule has 0 unspecified atom stereocenters. The van der Waals surface area contributed by atoms with Gasteiger partial charge in [-0.3, -0.25) is 4.79 Å². The molecule has 3 nitrogen and oxygen atoms in total. The Labute approximate surface area is 118 Å². The molecule has 0 fully saturated rings. The summed E-state index contributed by atoms with van der Waals surface area (Å²) in [7, 11) is 0. The van der Waals surface area contributed by atoms with Crippen LogP contribution in [0.25, 0.3) is 0 Å². The largest absolute Gasteiger partial charge is 0.469 e. The lowest BCUT2D eigenvalue weighted by Crippen LogP contribution is -2.03. The molecule has 0 saturated carbocycles. The number of ether oxygens (including phenoxy) is 1. The highest BCUT2D eigenvalue weighted by Gasteiger charge is 2.15. The normalized spacial score (nSPS) is 21.8. The summed E-state index contributed by atoms with van der Waals surface area (Å²) in [5, 5.41) is 10.9. The molecule has 2 aliphatic rings. The number of allylic oxidation sites excluding steroid dienone is 4. The van der Waals surface area contributed by atoms with E-state index in [0.29, 0.717) is 0 Å². The van der Waals surface area contributed by atoms with Crippen LogP contribution in [0.5, 0.6) is 0 Å². The monoisotopic (exact) mass is 275 g/mol. The number of hydrogen-bond acceptors (Lipinski definition) is 4. The predicted molar refractivity (Wildman–Crippen MR) is 75.9 cm³/mol. The first-order valence-electron chi connectivity index (χ1n) is 6.64. The van der Waals surface area contributed by atoms with Crippen molar-refractivity contribution in [1.82, 2.24) is 0 Å². The van der Waals surface area contributed by atoms with Crippen LogP contribution in [0.15, 0.2) is 34.1 Å². The first-order chi connectivity index (χ1) is 9.35. The molecular formula is C15H17NO2S. The number of carbonyl (C=O) groups is 1. The number of rotatable bonds is 4. The van der Waals surface area contributed by atoms with Crippen molar-refractivity contribution >= 4 is 18.0 Å². The number of thioether (sulfide) groups is 1. The molecule has 4 heteroatoms. The van der Waals surface area contributed by atoms with Crippen molar-refractivity contribution in [3.05, 3.63) is 34.1 Å². The first-order valence-corrected chi connectivity index (χ1v) is 7.46. The van der Waals surface area contributed by atoms with Gasteiger partial charge in [0, 0.05) is 22.5 Å². The highest BCUT2D eigenvalue weighted by atomic mass is 32.2. The minimum Gasteiger partial charge on any atom is -0.469 e. The molecule has 0 amide bonds. The van der Waals surface area contributed by atoms with Crippen molar-refractivity contribution in [3.63, 3.8) is 0 Å². The van der Waals surface area contributed by atoms with Crippen LogP contribution in [-0.2, 0) is 9.53 Å². The van der Waals surface area contributed by atoms with Gasteiger partial charge in [0.1, 0.15) is 17.4 Å². The molecule has 19 heavy (non-hydrogen) atoms. The summed E-state index contributed by atoms with van der Waals surface area (Å²) in [4.78, 5) is 12.0. The number of thiocyanates is 1. The molecule has 0 aromatic heterocycles. The highest BCUT2D eigenvalue weighted by molar-refractivity contribution is 8.07. The summed E-state index contributed by atoms with van der Waals surface area (Å²) < 4.78 is 5.73. The van der Waals surface area contributed by atoms with Crippen LogP contribution in [0.1, 0.15) is 44.9 Å². The van der Waals surface area contributed by atoms with Crippen LogP contribution in [0.2, 0.25) is 0 Å². The minimum atomic E-state index is 0.789. The molecule has 2 aliphatic carbocycles. The van der Waals surface area contributed by atoms with Crippen molar-refractivity contribution in [2.24, 2.45) is 0 Å². The summed E-state index contributed by atoms with van der Waals surface area (Å²) in [5.74, 6) is 0.806. The van der Waals surface area contributed by atoms with Crippen LogP contribution in [0.4, 0.5) is 0 Å². The second-order valence-electron chi connectivity index (χ2n) is 4.69. The fourth-order valence-electron chi connectivity index (χ4n) is 2.36. The zero-order chi connectivity index (χ0) is 13.5. The molecule has 0 aromatic carbocycles. The topological polar surface area (TPSA) is 50.1 Å². The Kier molecular flexibility index (Phi) is 5.29. The number of nitriles is 1. The fourth-order valence-corrected chi connectivity index (χ4v) is 2.94. The standard InChI is InChI=1S/C15H17NO2S/c16-11-19-15-8-4-2-6-13(15)10-18-14-7-3-1-5-12(14)9-17/h8-10H,1-7H2/b13-10+. The van der Waals surface area contributed by atoms with E-state index in [2.05, 4.69) is 11.5 Å². The molecule has 0 aromatic rings. The smallest absolute Gasteiger partial charge is 0.149 e. The second-order valence-corrected chi connectivity index (χ2v) is 5.51. The third kappa shape index (κ3) is 3.74. The summed E-state index contributed by atoms with van der Waals surface area (Å²) in [6.45, 7) is 0. The maximum absolute atomic E-state index is 11.0. The van der Waals surface area contributed by atoms with Gasteiger partial charge in [0.15, 0.2) is 0 Å². The molecule has 0 heterocycles. The fraction of sp³-hybridized carbons (Fsp3) is 0.467. The third-order valence-electron chi connectivity index (χ3n) is 3.40. The molecule has 0 saturated heterocycles. The lowest BCUT2D eigenvalue weighted by atomic mass is 9.98. The molecule has 0 N–H and O–H groups in total. The summed E-state index contributed by atoms with van der Waals surface area (Å²) >= 11 is 1.19. The Morgan fingerprint density at radius 2 is 2.11 bits per heavy atom. The third-order valence-corrected chi connectivity index (χ3v) is 4.14. The van der Waals surface area contributed by atoms with E-state index in [-0.39, 0.29) is 0 Å². The Balaban J connectivity index is 2.10. The van der Waals surface area contributed by atoms with Crippen molar-refractivity contribution in [2.75, 3.05) is 0 Å². The second kappa shape index (κ2) is 7.20. The van der Waals surface area contributed by atoms with Crippen LogP contribution >= 0.6 is 11.8 Å². The van der Waals surface area contributed by atoms with Gasteiger partial charge in [0.2, 0.25) is 0 Å². The quantitative estimate of drug-likeness (QED) is 0.438. The summed E-state index contributed by atoms with van der Waals surface area (Å²) in [5.41, 5.74) is 1.86. The van der Waals surface area contributed by atoms with E-state index in [0.717, 1.165) is 73.0 Å². The van der Waals surface area contributed by atoms with Gasteiger partial charge in [-0.2, -0.15) is 5.26 Å². The van der Waals surface area contributed by atoms with Crippen molar-refractivity contribution in [2.45, 2.75) is 44.9 Å². The molecule has 0 spiro atoms. The van der Waals surface area contributed by atoms with Gasteiger partial charge in [0.25, 0.3) is 0 Å². The molecular weight excluding hydrogens is 258 g/mol. The van der Waals surface area contributed by atoms with Gasteiger partial charge in [0.05, 0.1) is 6.26 Å². The van der Waals surface area contributed by atoms with E-state index >= 15 is 0 Å². The van der Waals surface area contributed by atoms with Gasteiger partial charge in [-0.25, -0.2) is 0 Å². The van der Waals surface area contributed by atoms with E-state index in [1.807, 2.05) is 0 Å². The first kappa shape index (κ1) is 14.0. The molecule has 2 rings (SSSR count). The van der Waals surface area contributed by atoms with E-state index in [1.54, 1.807) is 6.26 Å². The van der Waals surface area contributed by atoms with E-state index in [9.17, 15) is 4.79 Å². The Hall–Kier alpha value is -1.47. The average Bonchev–Trinajstić information content (AvgIpc) is 2.47. The molecule has 0 radical (unpaired) electrons. The number of carbonyl (C=O) groups excluding carboxylic acids is 1. The van der Waals surface area contributed by atoms with Crippen LogP contribution in [0.3, 0.4) is 0 Å². The van der Waals surface area contributed by atoms with Crippen LogP contribution in [0, 0.1) is 10.7 Å². The molecule has 0 bridgehead atoms. The van der Waals surface area contributed by atoms with Gasteiger partial charge < -0.3 is 4.74 Å². The average molecular weight is 275 g/mol. The Bertz CT molecular complexity index is 483. The Morgan fingerprint density at radius 3 is 2.89 bits per heavy atom. The molecule has 0 atom stereocenters.